The summed E-state index contributed by atoms with van der Waals surface area (Å²) in [6, 6.07) is 13.7. The lowest BCUT2D eigenvalue weighted by Gasteiger charge is -2.14. The first-order chi connectivity index (χ1) is 8.83. The molecule has 1 aliphatic carbocycles. The fourth-order valence-corrected chi connectivity index (χ4v) is 2.82. The second kappa shape index (κ2) is 3.39. The van der Waals surface area contributed by atoms with Crippen molar-refractivity contribution in [1.29, 1.82) is 0 Å². The number of aryl methyl sites for hydroxylation is 2. The fraction of sp³-hybridized carbons (Fsp3) is 0.125. The minimum atomic E-state index is 0.296. The SMILES string of the molecule is Oc1ccc2oc3c(c2c1)CCc1ccccc1-3. The summed E-state index contributed by atoms with van der Waals surface area (Å²) >= 11 is 0. The fourth-order valence-electron chi connectivity index (χ4n) is 2.82. The van der Waals surface area contributed by atoms with Crippen LogP contribution in [0.25, 0.3) is 22.3 Å². The second-order valence-electron chi connectivity index (χ2n) is 4.75. The molecule has 0 unspecified atom stereocenters. The monoisotopic (exact) mass is 236 g/mol. The van der Waals surface area contributed by atoms with Crippen molar-refractivity contribution in [2.45, 2.75) is 12.8 Å². The van der Waals surface area contributed by atoms with Crippen LogP contribution in [0.4, 0.5) is 0 Å². The summed E-state index contributed by atoms with van der Waals surface area (Å²) < 4.78 is 5.96. The molecule has 0 fully saturated rings. The van der Waals surface area contributed by atoms with Gasteiger partial charge in [-0.05, 0) is 36.6 Å². The van der Waals surface area contributed by atoms with Gasteiger partial charge in [-0.3, -0.25) is 0 Å². The van der Waals surface area contributed by atoms with Crippen molar-refractivity contribution in [2.24, 2.45) is 0 Å². The largest absolute Gasteiger partial charge is 0.508 e. The minimum absolute atomic E-state index is 0.296. The number of phenolic OH excluding ortho intramolecular Hbond substituents is 1. The Kier molecular flexibility index (Phi) is 1.84. The van der Waals surface area contributed by atoms with E-state index in [2.05, 4.69) is 18.2 Å². The Morgan fingerprint density at radius 2 is 1.89 bits per heavy atom. The molecule has 18 heavy (non-hydrogen) atoms. The van der Waals surface area contributed by atoms with Crippen molar-refractivity contribution in [3.63, 3.8) is 0 Å². The van der Waals surface area contributed by atoms with Crippen molar-refractivity contribution in [1.82, 2.24) is 0 Å². The molecule has 0 spiro atoms. The first-order valence-corrected chi connectivity index (χ1v) is 6.15. The molecule has 0 aliphatic heterocycles. The lowest BCUT2D eigenvalue weighted by Crippen LogP contribution is -2.01. The van der Waals surface area contributed by atoms with Crippen LogP contribution in [0.2, 0.25) is 0 Å². The third-order valence-electron chi connectivity index (χ3n) is 3.68. The molecule has 4 rings (SSSR count). The smallest absolute Gasteiger partial charge is 0.138 e. The van der Waals surface area contributed by atoms with Crippen LogP contribution in [-0.4, -0.2) is 5.11 Å². The van der Waals surface area contributed by atoms with Gasteiger partial charge in [0.25, 0.3) is 0 Å². The average Bonchev–Trinajstić information content (AvgIpc) is 2.77. The summed E-state index contributed by atoms with van der Waals surface area (Å²) in [7, 11) is 0. The Hall–Kier alpha value is -2.22. The minimum Gasteiger partial charge on any atom is -0.508 e. The number of fused-ring (bicyclic) bond motifs is 5. The molecular weight excluding hydrogens is 224 g/mol. The van der Waals surface area contributed by atoms with E-state index < -0.39 is 0 Å². The zero-order chi connectivity index (χ0) is 12.1. The Bertz CT molecular complexity index is 753. The Balaban J connectivity index is 2.08. The molecule has 2 nitrogen and oxygen atoms in total. The summed E-state index contributed by atoms with van der Waals surface area (Å²) in [4.78, 5) is 0. The molecule has 0 amide bonds. The average molecular weight is 236 g/mol. The van der Waals surface area contributed by atoms with E-state index in [9.17, 15) is 5.11 Å². The van der Waals surface area contributed by atoms with Gasteiger partial charge in [0.1, 0.15) is 17.1 Å². The number of hydrogen-bond donors (Lipinski definition) is 1. The van der Waals surface area contributed by atoms with Crippen LogP contribution in [0.15, 0.2) is 46.9 Å². The van der Waals surface area contributed by atoms with Crippen LogP contribution >= 0.6 is 0 Å². The van der Waals surface area contributed by atoms with Crippen molar-refractivity contribution >= 4 is 11.0 Å². The number of phenols is 1. The van der Waals surface area contributed by atoms with Gasteiger partial charge in [-0.2, -0.15) is 0 Å². The molecule has 0 radical (unpaired) electrons. The molecule has 1 aliphatic rings. The maximum Gasteiger partial charge on any atom is 0.138 e. The van der Waals surface area contributed by atoms with Gasteiger partial charge in [0, 0.05) is 16.5 Å². The molecular formula is C16H12O2. The molecule has 0 bridgehead atoms. The Morgan fingerprint density at radius 1 is 1.00 bits per heavy atom. The van der Waals surface area contributed by atoms with Crippen molar-refractivity contribution in [2.75, 3.05) is 0 Å². The highest BCUT2D eigenvalue weighted by atomic mass is 16.3. The van der Waals surface area contributed by atoms with Gasteiger partial charge in [0.15, 0.2) is 0 Å². The molecule has 88 valence electrons. The highest BCUT2D eigenvalue weighted by molar-refractivity contribution is 5.90. The maximum absolute atomic E-state index is 9.60. The predicted octanol–water partition coefficient (Wildman–Crippen LogP) is 3.90. The van der Waals surface area contributed by atoms with Crippen LogP contribution in [0, 0.1) is 0 Å². The number of hydrogen-bond acceptors (Lipinski definition) is 2. The second-order valence-corrected chi connectivity index (χ2v) is 4.75. The van der Waals surface area contributed by atoms with Gasteiger partial charge in [-0.15, -0.1) is 0 Å². The van der Waals surface area contributed by atoms with Gasteiger partial charge in [0.2, 0.25) is 0 Å². The van der Waals surface area contributed by atoms with Crippen LogP contribution in [0.5, 0.6) is 5.75 Å². The summed E-state index contributed by atoms with van der Waals surface area (Å²) in [5.41, 5.74) is 4.61. The molecule has 0 saturated carbocycles. The van der Waals surface area contributed by atoms with Gasteiger partial charge in [-0.25, -0.2) is 0 Å². The summed E-state index contributed by atoms with van der Waals surface area (Å²) in [5.74, 6) is 1.27. The Labute approximate surface area is 104 Å². The highest BCUT2D eigenvalue weighted by Crippen LogP contribution is 2.40. The van der Waals surface area contributed by atoms with Gasteiger partial charge in [0.05, 0.1) is 0 Å². The third-order valence-corrected chi connectivity index (χ3v) is 3.68. The van der Waals surface area contributed by atoms with E-state index in [0.717, 1.165) is 29.6 Å². The molecule has 0 atom stereocenters. The molecule has 0 saturated heterocycles. The molecule has 2 heteroatoms. The molecule has 2 aromatic carbocycles. The Morgan fingerprint density at radius 3 is 2.83 bits per heavy atom. The third kappa shape index (κ3) is 1.23. The van der Waals surface area contributed by atoms with E-state index in [-0.39, 0.29) is 0 Å². The number of furan rings is 1. The van der Waals surface area contributed by atoms with Crippen LogP contribution < -0.4 is 0 Å². The zero-order valence-corrected chi connectivity index (χ0v) is 9.81. The summed E-state index contributed by atoms with van der Waals surface area (Å²) in [6.07, 6.45) is 2.01. The summed E-state index contributed by atoms with van der Waals surface area (Å²) in [6.45, 7) is 0. The van der Waals surface area contributed by atoms with Crippen molar-refractivity contribution < 1.29 is 9.52 Å². The van der Waals surface area contributed by atoms with Crippen molar-refractivity contribution in [3.8, 4) is 17.1 Å². The van der Waals surface area contributed by atoms with E-state index in [1.165, 1.54) is 16.7 Å². The predicted molar refractivity (Wildman–Crippen MR) is 70.7 cm³/mol. The summed E-state index contributed by atoms with van der Waals surface area (Å²) in [5, 5.41) is 10.6. The normalized spacial score (nSPS) is 13.3. The van der Waals surface area contributed by atoms with Crippen LogP contribution in [0.3, 0.4) is 0 Å². The van der Waals surface area contributed by atoms with E-state index in [1.54, 1.807) is 12.1 Å². The first kappa shape index (κ1) is 9.77. The van der Waals surface area contributed by atoms with Gasteiger partial charge < -0.3 is 9.52 Å². The standard InChI is InChI=1S/C16H12O2/c17-11-6-8-15-14(9-11)13-7-5-10-3-1-2-4-12(10)16(13)18-15/h1-4,6,8-9,17H,5,7H2. The lowest BCUT2D eigenvalue weighted by atomic mass is 9.89. The van der Waals surface area contributed by atoms with Gasteiger partial charge >= 0.3 is 0 Å². The molecule has 1 aromatic heterocycles. The number of benzene rings is 2. The maximum atomic E-state index is 9.60. The van der Waals surface area contributed by atoms with Gasteiger partial charge in [-0.1, -0.05) is 24.3 Å². The van der Waals surface area contributed by atoms with Crippen LogP contribution in [-0.2, 0) is 12.8 Å². The van der Waals surface area contributed by atoms with E-state index in [4.69, 9.17) is 4.42 Å². The number of rotatable bonds is 0. The molecule has 1 heterocycles. The van der Waals surface area contributed by atoms with E-state index in [0.29, 0.717) is 5.75 Å². The quantitative estimate of drug-likeness (QED) is 0.642. The molecule has 1 N–H and O–H groups in total. The zero-order valence-electron chi connectivity index (χ0n) is 9.81. The van der Waals surface area contributed by atoms with E-state index >= 15 is 0 Å². The first-order valence-electron chi connectivity index (χ1n) is 6.15. The van der Waals surface area contributed by atoms with Crippen molar-refractivity contribution in [3.05, 3.63) is 53.6 Å². The highest BCUT2D eigenvalue weighted by Gasteiger charge is 2.22. The lowest BCUT2D eigenvalue weighted by molar-refractivity contribution is 0.476. The topological polar surface area (TPSA) is 33.4 Å². The molecule has 3 aromatic rings. The number of aromatic hydroxyl groups is 1. The van der Waals surface area contributed by atoms with Crippen LogP contribution in [0.1, 0.15) is 11.1 Å². The van der Waals surface area contributed by atoms with E-state index in [1.807, 2.05) is 12.1 Å².